The first-order chi connectivity index (χ1) is 31.8. The topological polar surface area (TPSA) is 229 Å². The molecule has 2 aliphatic heterocycles. The number of nitrogens with zero attached hydrogens (tertiary/aromatic N) is 5. The van der Waals surface area contributed by atoms with Gasteiger partial charge in [-0.1, -0.05) is 17.3 Å². The van der Waals surface area contributed by atoms with Crippen molar-refractivity contribution in [3.63, 3.8) is 0 Å². The molecule has 2 aliphatic rings. The van der Waals surface area contributed by atoms with Crippen LogP contribution in [0.1, 0.15) is 63.2 Å². The Kier molecular flexibility index (Phi) is 14.4. The van der Waals surface area contributed by atoms with Crippen molar-refractivity contribution in [2.45, 2.75) is 83.9 Å². The maximum absolute atomic E-state index is 14.1. The lowest BCUT2D eigenvalue weighted by molar-refractivity contribution is -0.687. The Morgan fingerprint density at radius 2 is 1.70 bits per heavy atom. The van der Waals surface area contributed by atoms with Gasteiger partial charge in [0.2, 0.25) is 0 Å². The molecule has 22 heteroatoms. The minimum Gasteiger partial charge on any atom is -0.497 e. The van der Waals surface area contributed by atoms with Crippen LogP contribution < -0.4 is 25.3 Å². The Morgan fingerprint density at radius 3 is 2.40 bits per heavy atom. The van der Waals surface area contributed by atoms with Gasteiger partial charge in [-0.25, -0.2) is 23.9 Å². The molecule has 5 aromatic rings. The number of benzene rings is 1. The molecule has 0 bridgehead atoms. The number of oxime groups is 1. The largest absolute Gasteiger partial charge is 0.497 e. The number of esters is 1. The van der Waals surface area contributed by atoms with Gasteiger partial charge in [0.15, 0.2) is 29.8 Å². The predicted molar refractivity (Wildman–Crippen MR) is 252 cm³/mol. The minimum absolute atomic E-state index is 0.0518. The van der Waals surface area contributed by atoms with Crippen LogP contribution >= 0.6 is 34.4 Å². The fraction of sp³-hybridized carbons (Fsp3) is 0.356. The number of aromatic nitrogens is 3. The number of amides is 4. The summed E-state index contributed by atoms with van der Waals surface area (Å²) in [6, 6.07) is 11.9. The van der Waals surface area contributed by atoms with E-state index in [4.69, 9.17) is 29.2 Å². The molecular formula is C45H50N9O10S3+. The second-order valence-corrected chi connectivity index (χ2v) is 20.2. The molecule has 0 aliphatic carbocycles. The Hall–Kier alpha value is -6.78. The normalized spacial score (nSPS) is 16.1. The van der Waals surface area contributed by atoms with Crippen LogP contribution in [0.5, 0.6) is 5.75 Å². The van der Waals surface area contributed by atoms with Gasteiger partial charge in [-0.15, -0.1) is 34.4 Å². The number of thiazole rings is 1. The fourth-order valence-corrected chi connectivity index (χ4v) is 9.85. The summed E-state index contributed by atoms with van der Waals surface area (Å²) >= 11 is 3.91. The van der Waals surface area contributed by atoms with Gasteiger partial charge < -0.3 is 33.7 Å². The maximum atomic E-state index is 14.1. The van der Waals surface area contributed by atoms with Crippen LogP contribution in [0, 0.1) is 5.41 Å². The average molecular weight is 973 g/mol. The number of carbonyl (C=O) groups is 5. The molecule has 19 nitrogen and oxygen atoms in total. The van der Waals surface area contributed by atoms with E-state index in [0.717, 1.165) is 27.1 Å². The van der Waals surface area contributed by atoms with Crippen molar-refractivity contribution in [1.29, 1.82) is 5.41 Å². The van der Waals surface area contributed by atoms with E-state index in [1.165, 1.54) is 40.5 Å². The monoisotopic (exact) mass is 972 g/mol. The zero-order valence-electron chi connectivity index (χ0n) is 38.0. The number of amidine groups is 1. The lowest BCUT2D eigenvalue weighted by Crippen LogP contribution is -2.71. The second kappa shape index (κ2) is 20.0. The van der Waals surface area contributed by atoms with Gasteiger partial charge in [0, 0.05) is 44.8 Å². The highest BCUT2D eigenvalue weighted by Gasteiger charge is 2.55. The molecule has 67 heavy (non-hydrogen) atoms. The quantitative estimate of drug-likeness (QED) is 0.0187. The SMILES string of the molecule is CO/N=C(\C(=O)N[C@@H]1C(=O)N2C(C(=O)OCc3ccc(OC)cc3)=C(C[n+]3ccc4c(ccn4Cc4cc(C(=N)NC(=O)OC(C)(C)C)cs4)c3)CS[C@H]12)c1csc(NC(=O)OC(C)(C)C)n1. The summed E-state index contributed by atoms with van der Waals surface area (Å²) in [5, 5.41) is 23.8. The summed E-state index contributed by atoms with van der Waals surface area (Å²) in [6.45, 7) is 11.2. The average Bonchev–Trinajstić information content (AvgIpc) is 4.03. The smallest absolute Gasteiger partial charge is 0.413 e. The van der Waals surface area contributed by atoms with E-state index >= 15 is 0 Å². The summed E-state index contributed by atoms with van der Waals surface area (Å²) < 4.78 is 25.7. The zero-order chi connectivity index (χ0) is 48.2. The molecule has 1 fully saturated rings. The van der Waals surface area contributed by atoms with Crippen molar-refractivity contribution in [2.24, 2.45) is 5.16 Å². The highest BCUT2D eigenvalue weighted by atomic mass is 32.2. The molecule has 4 N–H and O–H groups in total. The van der Waals surface area contributed by atoms with E-state index < -0.39 is 52.6 Å². The first kappa shape index (κ1) is 48.2. The van der Waals surface area contributed by atoms with Crippen LogP contribution in [0.2, 0.25) is 0 Å². The van der Waals surface area contributed by atoms with E-state index in [9.17, 15) is 24.0 Å². The number of β-lactam (4-membered cyclic amide) rings is 1. The second-order valence-electron chi connectivity index (χ2n) is 17.2. The van der Waals surface area contributed by atoms with Crippen LogP contribution in [-0.2, 0) is 53.1 Å². The Morgan fingerprint density at radius 1 is 0.970 bits per heavy atom. The van der Waals surface area contributed by atoms with Crippen LogP contribution in [0.15, 0.2) is 88.2 Å². The van der Waals surface area contributed by atoms with Crippen LogP contribution in [0.4, 0.5) is 14.7 Å². The summed E-state index contributed by atoms with van der Waals surface area (Å²) in [6.07, 6.45) is 4.40. The molecule has 6 heterocycles. The Balaban J connectivity index is 1.07. The number of ether oxygens (including phenoxy) is 4. The van der Waals surface area contributed by atoms with Gasteiger partial charge in [0.25, 0.3) is 11.8 Å². The molecule has 4 aromatic heterocycles. The number of hydrogen-bond donors (Lipinski definition) is 4. The van der Waals surface area contributed by atoms with E-state index in [0.29, 0.717) is 34.7 Å². The lowest BCUT2D eigenvalue weighted by Gasteiger charge is -2.49. The molecule has 7 rings (SSSR count). The number of fused-ring (bicyclic) bond motifs is 2. The van der Waals surface area contributed by atoms with Crippen LogP contribution in [0.3, 0.4) is 0 Å². The Labute approximate surface area is 397 Å². The van der Waals surface area contributed by atoms with Gasteiger partial charge in [-0.05, 0) is 71.4 Å². The fourth-order valence-electron chi connectivity index (χ4n) is 6.96. The number of nitrogens with one attached hydrogen (secondary N) is 4. The van der Waals surface area contributed by atoms with Gasteiger partial charge in [-0.3, -0.25) is 30.5 Å². The van der Waals surface area contributed by atoms with Crippen molar-refractivity contribution < 1.29 is 52.3 Å². The summed E-state index contributed by atoms with van der Waals surface area (Å²) in [7, 11) is 2.82. The van der Waals surface area contributed by atoms with Gasteiger partial charge in [0.05, 0.1) is 24.6 Å². The van der Waals surface area contributed by atoms with Crippen LogP contribution in [0.25, 0.3) is 10.9 Å². The van der Waals surface area contributed by atoms with Crippen molar-refractivity contribution >= 4 is 92.0 Å². The van der Waals surface area contributed by atoms with Crippen molar-refractivity contribution in [3.8, 4) is 5.75 Å². The summed E-state index contributed by atoms with van der Waals surface area (Å²) in [4.78, 5) is 78.1. The minimum atomic E-state index is -1.03. The number of hydrogen-bond acceptors (Lipinski definition) is 16. The van der Waals surface area contributed by atoms with Crippen LogP contribution in [-0.4, -0.2) is 98.6 Å². The number of alkyl carbamates (subject to hydrolysis) is 1. The molecule has 1 aromatic carbocycles. The van der Waals surface area contributed by atoms with E-state index in [2.05, 4.69) is 30.7 Å². The maximum Gasteiger partial charge on any atom is 0.413 e. The highest BCUT2D eigenvalue weighted by molar-refractivity contribution is 8.00. The third-order valence-corrected chi connectivity index (χ3v) is 12.9. The Bertz CT molecular complexity index is 2780. The third-order valence-electron chi connectivity index (χ3n) is 9.84. The zero-order valence-corrected chi connectivity index (χ0v) is 40.4. The number of pyridine rings is 1. The summed E-state index contributed by atoms with van der Waals surface area (Å²) in [5.74, 6) is -1.04. The number of rotatable bonds is 14. The van der Waals surface area contributed by atoms with Crippen molar-refractivity contribution in [1.82, 2.24) is 25.1 Å². The highest BCUT2D eigenvalue weighted by Crippen LogP contribution is 2.41. The first-order valence-electron chi connectivity index (χ1n) is 20.8. The molecule has 0 spiro atoms. The molecule has 4 amide bonds. The van der Waals surface area contributed by atoms with Crippen molar-refractivity contribution in [2.75, 3.05) is 25.3 Å². The van der Waals surface area contributed by atoms with E-state index in [1.54, 1.807) is 72.9 Å². The molecule has 1 saturated heterocycles. The molecule has 2 atom stereocenters. The standard InChI is InChI=1S/C45H49N9O10S3/c1-44(2,3)63-42(58)49-36(46)27-17-30(65-22-27)20-53-16-13-26-18-52(15-14-32(26)53)19-28-23-66-39-34(38(56)54(39)35(28)40(57)62-21-25-9-11-29(60-7)12-10-25)48-37(55)33(51-61-8)31-24-67-41(47-31)50-43(59)64-45(4,5)6/h9-18,22,24,34,39H,19-21,23H2,1-8H3,(H3-,46,47,48,49,50,55,58,59)/p+1/b51-33-/t34-,39-/m1/s1. The van der Waals surface area contributed by atoms with Gasteiger partial charge in [0.1, 0.15) is 59.3 Å². The van der Waals surface area contributed by atoms with E-state index in [1.807, 2.05) is 46.7 Å². The van der Waals surface area contributed by atoms with Gasteiger partial charge >= 0.3 is 18.2 Å². The number of thiophene rings is 1. The van der Waals surface area contributed by atoms with E-state index in [-0.39, 0.29) is 41.2 Å². The number of methoxy groups -OCH3 is 1. The number of thioether (sulfide) groups is 1. The third kappa shape index (κ3) is 11.8. The number of carbonyl (C=O) groups excluding carboxylic acids is 5. The molecule has 0 saturated carbocycles. The summed E-state index contributed by atoms with van der Waals surface area (Å²) in [5.41, 5.74) is 1.41. The lowest BCUT2D eigenvalue weighted by atomic mass is 10.0. The molecule has 352 valence electrons. The first-order valence-corrected chi connectivity index (χ1v) is 23.6. The van der Waals surface area contributed by atoms with Gasteiger partial charge in [-0.2, -0.15) is 0 Å². The molecule has 0 radical (unpaired) electrons. The van der Waals surface area contributed by atoms with Crippen molar-refractivity contribution in [3.05, 3.63) is 105 Å². The predicted octanol–water partition coefficient (Wildman–Crippen LogP) is 6.15. The molecular weight excluding hydrogens is 923 g/mol. The molecule has 0 unspecified atom stereocenters. The number of anilines is 1.